The highest BCUT2D eigenvalue weighted by Gasteiger charge is 2.24. The highest BCUT2D eigenvalue weighted by Crippen LogP contribution is 2.28. The normalized spacial score (nSPS) is 15.3. The molecule has 1 aromatic carbocycles. The van der Waals surface area contributed by atoms with Crippen LogP contribution in [-0.4, -0.2) is 62.0 Å². The van der Waals surface area contributed by atoms with Crippen molar-refractivity contribution in [3.8, 4) is 11.5 Å². The molecule has 26 heavy (non-hydrogen) atoms. The fraction of sp³-hybridized carbons (Fsp3) is 0.500. The number of rotatable bonds is 4. The lowest BCUT2D eigenvalue weighted by molar-refractivity contribution is -0.127. The third-order valence-corrected chi connectivity index (χ3v) is 4.23. The van der Waals surface area contributed by atoms with Crippen molar-refractivity contribution in [3.05, 3.63) is 35.9 Å². The standard InChI is InChI=1S/C20H28N2O4/c1-20(2,3)9-8-18(23)21-10-12-22(13-11-21)19(24)15-6-7-16(25-4)17(14-15)26-5/h6-9,14H,10-13H2,1-5H3/b9-8+. The molecule has 1 aliphatic rings. The van der Waals surface area contributed by atoms with E-state index in [4.69, 9.17) is 9.47 Å². The fourth-order valence-electron chi connectivity index (χ4n) is 2.71. The van der Waals surface area contributed by atoms with Gasteiger partial charge in [0, 0.05) is 31.7 Å². The van der Waals surface area contributed by atoms with Crippen LogP contribution in [-0.2, 0) is 4.79 Å². The number of ether oxygens (including phenoxy) is 2. The van der Waals surface area contributed by atoms with Crippen LogP contribution in [0.2, 0.25) is 0 Å². The van der Waals surface area contributed by atoms with Gasteiger partial charge in [-0.15, -0.1) is 0 Å². The highest BCUT2D eigenvalue weighted by molar-refractivity contribution is 5.95. The fourth-order valence-corrected chi connectivity index (χ4v) is 2.71. The number of benzene rings is 1. The van der Waals surface area contributed by atoms with Gasteiger partial charge in [-0.2, -0.15) is 0 Å². The topological polar surface area (TPSA) is 59.1 Å². The van der Waals surface area contributed by atoms with E-state index >= 15 is 0 Å². The number of methoxy groups -OCH3 is 2. The maximum atomic E-state index is 12.7. The summed E-state index contributed by atoms with van der Waals surface area (Å²) in [4.78, 5) is 28.5. The number of amides is 2. The third kappa shape index (κ3) is 5.00. The third-order valence-electron chi connectivity index (χ3n) is 4.23. The molecule has 0 radical (unpaired) electrons. The SMILES string of the molecule is COc1ccc(C(=O)N2CCN(C(=O)/C=C/C(C)(C)C)CC2)cc1OC. The van der Waals surface area contributed by atoms with E-state index in [9.17, 15) is 9.59 Å². The monoisotopic (exact) mass is 360 g/mol. The van der Waals surface area contributed by atoms with Crippen molar-refractivity contribution in [3.63, 3.8) is 0 Å². The lowest BCUT2D eigenvalue weighted by atomic mass is 9.96. The van der Waals surface area contributed by atoms with E-state index in [-0.39, 0.29) is 17.2 Å². The first kappa shape index (κ1) is 19.8. The van der Waals surface area contributed by atoms with E-state index in [1.54, 1.807) is 48.3 Å². The lowest BCUT2D eigenvalue weighted by Crippen LogP contribution is -2.50. The first-order valence-corrected chi connectivity index (χ1v) is 8.74. The Morgan fingerprint density at radius 1 is 0.962 bits per heavy atom. The molecule has 1 heterocycles. The minimum atomic E-state index is -0.0664. The second kappa shape index (κ2) is 8.25. The molecule has 0 atom stereocenters. The molecule has 0 unspecified atom stereocenters. The lowest BCUT2D eigenvalue weighted by Gasteiger charge is -2.34. The van der Waals surface area contributed by atoms with Crippen LogP contribution in [0.1, 0.15) is 31.1 Å². The molecule has 6 heteroatoms. The number of carbonyl (C=O) groups is 2. The summed E-state index contributed by atoms with van der Waals surface area (Å²) in [5.41, 5.74) is 0.524. The van der Waals surface area contributed by atoms with E-state index in [2.05, 4.69) is 20.8 Å². The second-order valence-corrected chi connectivity index (χ2v) is 7.39. The van der Waals surface area contributed by atoms with Crippen LogP contribution in [0.4, 0.5) is 0 Å². The Balaban J connectivity index is 1.98. The molecule has 1 saturated heterocycles. The van der Waals surface area contributed by atoms with Gasteiger partial charge in [0.2, 0.25) is 5.91 Å². The van der Waals surface area contributed by atoms with Crippen molar-refractivity contribution < 1.29 is 19.1 Å². The largest absolute Gasteiger partial charge is 0.493 e. The average Bonchev–Trinajstić information content (AvgIpc) is 2.64. The zero-order valence-corrected chi connectivity index (χ0v) is 16.2. The van der Waals surface area contributed by atoms with Crippen LogP contribution in [0, 0.1) is 5.41 Å². The van der Waals surface area contributed by atoms with Crippen LogP contribution in [0.3, 0.4) is 0 Å². The molecule has 0 N–H and O–H groups in total. The quantitative estimate of drug-likeness (QED) is 0.775. The van der Waals surface area contributed by atoms with E-state index in [1.165, 1.54) is 0 Å². The molecule has 6 nitrogen and oxygen atoms in total. The van der Waals surface area contributed by atoms with Gasteiger partial charge in [0.15, 0.2) is 11.5 Å². The molecule has 0 bridgehead atoms. The Morgan fingerprint density at radius 2 is 1.54 bits per heavy atom. The molecule has 0 spiro atoms. The van der Waals surface area contributed by atoms with E-state index in [0.717, 1.165) is 0 Å². The Kier molecular flexibility index (Phi) is 6.29. The number of piperazine rings is 1. The predicted octanol–water partition coefficient (Wildman–Crippen LogP) is 2.59. The van der Waals surface area contributed by atoms with E-state index in [1.807, 2.05) is 6.08 Å². The van der Waals surface area contributed by atoms with Crippen molar-refractivity contribution >= 4 is 11.8 Å². The Labute approximate surface area is 155 Å². The highest BCUT2D eigenvalue weighted by atomic mass is 16.5. The first-order valence-electron chi connectivity index (χ1n) is 8.74. The number of hydrogen-bond donors (Lipinski definition) is 0. The average molecular weight is 360 g/mol. The number of carbonyl (C=O) groups excluding carboxylic acids is 2. The summed E-state index contributed by atoms with van der Waals surface area (Å²) in [6.07, 6.45) is 3.54. The summed E-state index contributed by atoms with van der Waals surface area (Å²) in [5.74, 6) is 1.05. The first-order chi connectivity index (χ1) is 12.2. The van der Waals surface area contributed by atoms with Crippen LogP contribution >= 0.6 is 0 Å². The summed E-state index contributed by atoms with van der Waals surface area (Å²) in [7, 11) is 3.10. The molecule has 0 aliphatic carbocycles. The van der Waals surface area contributed by atoms with Gasteiger partial charge in [-0.05, 0) is 29.7 Å². The van der Waals surface area contributed by atoms with Crippen molar-refractivity contribution in [1.82, 2.24) is 9.80 Å². The van der Waals surface area contributed by atoms with Gasteiger partial charge in [-0.3, -0.25) is 9.59 Å². The van der Waals surface area contributed by atoms with Crippen LogP contribution in [0.15, 0.2) is 30.4 Å². The van der Waals surface area contributed by atoms with Crippen LogP contribution in [0.5, 0.6) is 11.5 Å². The molecule has 2 amide bonds. The summed E-state index contributed by atoms with van der Waals surface area (Å²) >= 11 is 0. The Bertz CT molecular complexity index is 684. The van der Waals surface area contributed by atoms with Gasteiger partial charge in [0.25, 0.3) is 5.91 Å². The molecule has 1 aliphatic heterocycles. The summed E-state index contributed by atoms with van der Waals surface area (Å²) in [5, 5.41) is 0. The molecule has 0 aromatic heterocycles. The minimum absolute atomic E-state index is 0.00172. The van der Waals surface area contributed by atoms with Crippen molar-refractivity contribution in [2.24, 2.45) is 5.41 Å². The van der Waals surface area contributed by atoms with Gasteiger partial charge >= 0.3 is 0 Å². The van der Waals surface area contributed by atoms with Crippen LogP contribution in [0.25, 0.3) is 0 Å². The molecule has 0 saturated carbocycles. The molecule has 1 aromatic rings. The summed E-state index contributed by atoms with van der Waals surface area (Å²) in [6, 6.07) is 5.14. The maximum absolute atomic E-state index is 12.7. The van der Waals surface area contributed by atoms with Gasteiger partial charge < -0.3 is 19.3 Å². The molecular formula is C20H28N2O4. The molecular weight excluding hydrogens is 332 g/mol. The van der Waals surface area contributed by atoms with Gasteiger partial charge in [-0.25, -0.2) is 0 Å². The summed E-state index contributed by atoms with van der Waals surface area (Å²) in [6.45, 7) is 8.26. The van der Waals surface area contributed by atoms with Gasteiger partial charge in [0.05, 0.1) is 14.2 Å². The summed E-state index contributed by atoms with van der Waals surface area (Å²) < 4.78 is 10.5. The maximum Gasteiger partial charge on any atom is 0.254 e. The number of allylic oxidation sites excluding steroid dienone is 1. The Hall–Kier alpha value is -2.50. The van der Waals surface area contributed by atoms with Crippen LogP contribution < -0.4 is 9.47 Å². The zero-order valence-electron chi connectivity index (χ0n) is 16.2. The van der Waals surface area contributed by atoms with E-state index in [0.29, 0.717) is 43.2 Å². The van der Waals surface area contributed by atoms with Crippen molar-refractivity contribution in [2.75, 3.05) is 40.4 Å². The molecule has 2 rings (SSSR count). The minimum Gasteiger partial charge on any atom is -0.493 e. The Morgan fingerprint density at radius 3 is 2.08 bits per heavy atom. The van der Waals surface area contributed by atoms with Gasteiger partial charge in [-0.1, -0.05) is 26.8 Å². The molecule has 1 fully saturated rings. The number of hydrogen-bond acceptors (Lipinski definition) is 4. The zero-order chi connectivity index (χ0) is 19.3. The molecule has 142 valence electrons. The van der Waals surface area contributed by atoms with Crippen molar-refractivity contribution in [1.29, 1.82) is 0 Å². The predicted molar refractivity (Wildman–Crippen MR) is 101 cm³/mol. The number of nitrogens with zero attached hydrogens (tertiary/aromatic N) is 2. The smallest absolute Gasteiger partial charge is 0.254 e. The van der Waals surface area contributed by atoms with E-state index < -0.39 is 0 Å². The second-order valence-electron chi connectivity index (χ2n) is 7.39. The van der Waals surface area contributed by atoms with Crippen molar-refractivity contribution in [2.45, 2.75) is 20.8 Å². The van der Waals surface area contributed by atoms with Gasteiger partial charge in [0.1, 0.15) is 0 Å².